The minimum Gasteiger partial charge on any atom is -0.495 e. The van der Waals surface area contributed by atoms with Gasteiger partial charge in [0.15, 0.2) is 5.96 Å². The number of ether oxygens (including phenoxy) is 1. The van der Waals surface area contributed by atoms with Gasteiger partial charge in [0.1, 0.15) is 5.75 Å². The first-order valence-electron chi connectivity index (χ1n) is 8.15. The molecule has 6 heteroatoms. The van der Waals surface area contributed by atoms with Crippen molar-refractivity contribution in [1.82, 2.24) is 0 Å². The van der Waals surface area contributed by atoms with E-state index in [9.17, 15) is 0 Å². The van der Waals surface area contributed by atoms with Crippen LogP contribution in [0.4, 0.5) is 5.69 Å². The molecule has 0 saturated carbocycles. The van der Waals surface area contributed by atoms with Gasteiger partial charge < -0.3 is 15.8 Å². The molecule has 1 unspecified atom stereocenters. The lowest BCUT2D eigenvalue weighted by atomic mass is 9.83. The first-order chi connectivity index (χ1) is 11.7. The van der Waals surface area contributed by atoms with Crippen LogP contribution in [0.15, 0.2) is 47.5 Å². The lowest BCUT2D eigenvalue weighted by Gasteiger charge is -2.24. The van der Waals surface area contributed by atoms with Gasteiger partial charge in [-0.1, -0.05) is 35.9 Å². The van der Waals surface area contributed by atoms with Crippen LogP contribution in [0.1, 0.15) is 29.9 Å². The molecule has 0 saturated heterocycles. The van der Waals surface area contributed by atoms with Crippen LogP contribution < -0.4 is 15.8 Å². The number of nitrogens with two attached hydrogens (primary N) is 1. The van der Waals surface area contributed by atoms with E-state index in [0.29, 0.717) is 29.2 Å². The molecule has 1 aliphatic rings. The Balaban J connectivity index is 0.00000225. The number of benzene rings is 2. The van der Waals surface area contributed by atoms with Crippen LogP contribution in [0.3, 0.4) is 0 Å². The molecule has 134 valence electrons. The number of aliphatic imine (C=N–C) groups is 1. The molecule has 2 aromatic carbocycles. The van der Waals surface area contributed by atoms with E-state index in [1.807, 2.05) is 6.07 Å². The Morgan fingerprint density at radius 2 is 2.12 bits per heavy atom. The summed E-state index contributed by atoms with van der Waals surface area (Å²) in [6.45, 7) is 0.694. The highest BCUT2D eigenvalue weighted by Crippen LogP contribution is 2.31. The zero-order chi connectivity index (χ0) is 16.9. The Labute approximate surface area is 170 Å². The summed E-state index contributed by atoms with van der Waals surface area (Å²) in [5.74, 6) is 1.48. The van der Waals surface area contributed by atoms with Crippen molar-refractivity contribution < 1.29 is 4.74 Å². The van der Waals surface area contributed by atoms with E-state index in [0.717, 1.165) is 18.5 Å². The Morgan fingerprint density at radius 1 is 1.32 bits per heavy atom. The predicted octanol–water partition coefficient (Wildman–Crippen LogP) is 4.81. The predicted molar refractivity (Wildman–Crippen MR) is 116 cm³/mol. The fourth-order valence-corrected chi connectivity index (χ4v) is 3.44. The van der Waals surface area contributed by atoms with Crippen molar-refractivity contribution in [2.75, 3.05) is 19.0 Å². The minimum absolute atomic E-state index is 0. The summed E-state index contributed by atoms with van der Waals surface area (Å²) in [7, 11) is 1.59. The van der Waals surface area contributed by atoms with Crippen molar-refractivity contribution in [1.29, 1.82) is 0 Å². The molecular formula is C19H23ClIN3O. The van der Waals surface area contributed by atoms with Gasteiger partial charge in [0.25, 0.3) is 0 Å². The van der Waals surface area contributed by atoms with Gasteiger partial charge in [-0.2, -0.15) is 0 Å². The minimum atomic E-state index is 0. The molecule has 3 rings (SSSR count). The summed E-state index contributed by atoms with van der Waals surface area (Å²) in [6, 6.07) is 14.1. The third-order valence-electron chi connectivity index (χ3n) is 4.40. The van der Waals surface area contributed by atoms with Gasteiger partial charge in [-0.25, -0.2) is 0 Å². The van der Waals surface area contributed by atoms with Crippen LogP contribution in [-0.4, -0.2) is 19.6 Å². The highest BCUT2D eigenvalue weighted by atomic mass is 127. The van der Waals surface area contributed by atoms with Gasteiger partial charge >= 0.3 is 0 Å². The van der Waals surface area contributed by atoms with E-state index in [1.54, 1.807) is 19.2 Å². The normalized spacial score (nSPS) is 16.6. The standard InChI is InChI=1S/C19H22ClN3O.HI/c1-24-18-10-9-15(11-17(18)20)23-19(21)22-12-14-7-4-6-13-5-2-3-8-16(13)14;/h2-3,5,8-11,14H,4,6-7,12H2,1H3,(H3,21,22,23);1H. The third kappa shape index (κ3) is 5.01. The zero-order valence-electron chi connectivity index (χ0n) is 14.2. The summed E-state index contributed by atoms with van der Waals surface area (Å²) in [6.07, 6.45) is 3.52. The SMILES string of the molecule is COc1ccc(NC(N)=NCC2CCCc3ccccc32)cc1Cl.I. The average molecular weight is 472 g/mol. The van der Waals surface area contributed by atoms with Crippen molar-refractivity contribution in [2.24, 2.45) is 10.7 Å². The van der Waals surface area contributed by atoms with Crippen molar-refractivity contribution in [3.05, 3.63) is 58.6 Å². The van der Waals surface area contributed by atoms with Crippen LogP contribution >= 0.6 is 35.6 Å². The van der Waals surface area contributed by atoms with E-state index in [2.05, 4.69) is 34.6 Å². The lowest BCUT2D eigenvalue weighted by Crippen LogP contribution is -2.24. The average Bonchev–Trinajstić information content (AvgIpc) is 2.60. The largest absolute Gasteiger partial charge is 0.495 e. The zero-order valence-corrected chi connectivity index (χ0v) is 17.3. The highest BCUT2D eigenvalue weighted by Gasteiger charge is 2.19. The summed E-state index contributed by atoms with van der Waals surface area (Å²) in [5, 5.41) is 3.62. The fraction of sp³-hybridized carbons (Fsp3) is 0.316. The Morgan fingerprint density at radius 3 is 2.88 bits per heavy atom. The van der Waals surface area contributed by atoms with E-state index in [1.165, 1.54) is 17.5 Å². The number of aryl methyl sites for hydroxylation is 1. The molecule has 4 nitrogen and oxygen atoms in total. The van der Waals surface area contributed by atoms with Crippen LogP contribution in [0.2, 0.25) is 5.02 Å². The van der Waals surface area contributed by atoms with Gasteiger partial charge in [0, 0.05) is 18.2 Å². The van der Waals surface area contributed by atoms with Crippen molar-refractivity contribution >= 4 is 47.2 Å². The molecule has 1 aliphatic carbocycles. The van der Waals surface area contributed by atoms with Crippen LogP contribution in [0.25, 0.3) is 0 Å². The van der Waals surface area contributed by atoms with Gasteiger partial charge in [-0.15, -0.1) is 24.0 Å². The van der Waals surface area contributed by atoms with Gasteiger partial charge in [-0.3, -0.25) is 4.99 Å². The smallest absolute Gasteiger partial charge is 0.193 e. The quantitative estimate of drug-likeness (QED) is 0.382. The first kappa shape index (κ1) is 19.8. The molecule has 1 atom stereocenters. The molecular weight excluding hydrogens is 449 g/mol. The Kier molecular flexibility index (Phi) is 7.38. The number of fused-ring (bicyclic) bond motifs is 1. The Bertz CT molecular complexity index is 751. The molecule has 0 heterocycles. The first-order valence-corrected chi connectivity index (χ1v) is 8.53. The summed E-state index contributed by atoms with van der Waals surface area (Å²) in [4.78, 5) is 4.52. The highest BCUT2D eigenvalue weighted by molar-refractivity contribution is 14.0. The molecule has 0 fully saturated rings. The number of nitrogens with one attached hydrogen (secondary N) is 1. The van der Waals surface area contributed by atoms with Crippen LogP contribution in [0, 0.1) is 0 Å². The maximum Gasteiger partial charge on any atom is 0.193 e. The van der Waals surface area contributed by atoms with Crippen LogP contribution in [-0.2, 0) is 6.42 Å². The van der Waals surface area contributed by atoms with E-state index in [-0.39, 0.29) is 24.0 Å². The molecule has 0 radical (unpaired) electrons. The summed E-state index contributed by atoms with van der Waals surface area (Å²) in [5.41, 5.74) is 9.68. The second-order valence-electron chi connectivity index (χ2n) is 5.99. The number of hydrogen-bond acceptors (Lipinski definition) is 2. The summed E-state index contributed by atoms with van der Waals surface area (Å²) >= 11 is 6.12. The van der Waals surface area contributed by atoms with E-state index >= 15 is 0 Å². The van der Waals surface area contributed by atoms with Crippen molar-refractivity contribution in [3.8, 4) is 5.75 Å². The molecule has 0 aromatic heterocycles. The molecule has 0 aliphatic heterocycles. The number of nitrogens with zero attached hydrogens (tertiary/aromatic N) is 1. The number of halogens is 2. The monoisotopic (exact) mass is 471 g/mol. The number of guanidine groups is 1. The number of anilines is 1. The number of methoxy groups -OCH3 is 1. The maximum absolute atomic E-state index is 6.12. The second-order valence-corrected chi connectivity index (χ2v) is 6.40. The van der Waals surface area contributed by atoms with E-state index in [4.69, 9.17) is 22.1 Å². The summed E-state index contributed by atoms with van der Waals surface area (Å²) < 4.78 is 5.14. The second kappa shape index (κ2) is 9.29. The molecule has 0 bridgehead atoms. The lowest BCUT2D eigenvalue weighted by molar-refractivity contribution is 0.415. The molecule has 3 N–H and O–H groups in total. The van der Waals surface area contributed by atoms with E-state index < -0.39 is 0 Å². The third-order valence-corrected chi connectivity index (χ3v) is 4.70. The number of hydrogen-bond donors (Lipinski definition) is 2. The maximum atomic E-state index is 6.12. The van der Waals surface area contributed by atoms with Gasteiger partial charge in [-0.05, 0) is 48.6 Å². The van der Waals surface area contributed by atoms with Gasteiger partial charge in [0.05, 0.1) is 12.1 Å². The fourth-order valence-electron chi connectivity index (χ4n) is 3.18. The number of rotatable bonds is 4. The van der Waals surface area contributed by atoms with Crippen molar-refractivity contribution in [3.63, 3.8) is 0 Å². The molecule has 0 spiro atoms. The van der Waals surface area contributed by atoms with Crippen molar-refractivity contribution in [2.45, 2.75) is 25.2 Å². The topological polar surface area (TPSA) is 59.6 Å². The molecule has 2 aromatic rings. The van der Waals surface area contributed by atoms with Gasteiger partial charge in [0.2, 0.25) is 0 Å². The molecule has 25 heavy (non-hydrogen) atoms. The molecule has 0 amide bonds. The Hall–Kier alpha value is -1.47. The van der Waals surface area contributed by atoms with Crippen LogP contribution in [0.5, 0.6) is 5.75 Å².